The van der Waals surface area contributed by atoms with Crippen LogP contribution in [0.3, 0.4) is 0 Å². The lowest BCUT2D eigenvalue weighted by Crippen LogP contribution is -2.29. The van der Waals surface area contributed by atoms with Gasteiger partial charge in [0, 0.05) is 18.2 Å². The Balaban J connectivity index is 2.62. The quantitative estimate of drug-likeness (QED) is 0.845. The summed E-state index contributed by atoms with van der Waals surface area (Å²) in [5.74, 6) is 0.0378. The van der Waals surface area contributed by atoms with E-state index in [2.05, 4.69) is 5.32 Å². The standard InChI is InChI=1S/C13H17Cl2NO2/c1-2-9(5-6-17)8-16-13(18)11-7-10(14)3-4-12(11)15/h3-4,7,9,17H,2,5-6,8H2,1H3,(H,16,18). The Hall–Kier alpha value is -0.770. The largest absolute Gasteiger partial charge is 0.396 e. The first-order valence-corrected chi connectivity index (χ1v) is 6.68. The first-order chi connectivity index (χ1) is 8.58. The molecule has 5 heteroatoms. The van der Waals surface area contributed by atoms with Crippen molar-refractivity contribution >= 4 is 29.1 Å². The van der Waals surface area contributed by atoms with E-state index in [1.807, 2.05) is 6.92 Å². The highest BCUT2D eigenvalue weighted by molar-refractivity contribution is 6.35. The molecule has 100 valence electrons. The molecule has 1 aromatic rings. The number of hydrogen-bond donors (Lipinski definition) is 2. The van der Waals surface area contributed by atoms with Gasteiger partial charge in [-0.25, -0.2) is 0 Å². The van der Waals surface area contributed by atoms with E-state index in [1.54, 1.807) is 18.2 Å². The Morgan fingerprint density at radius 3 is 2.78 bits per heavy atom. The zero-order chi connectivity index (χ0) is 13.5. The molecule has 3 nitrogen and oxygen atoms in total. The second kappa shape index (κ2) is 7.62. The molecule has 0 aliphatic heterocycles. The fourth-order valence-electron chi connectivity index (χ4n) is 1.64. The van der Waals surface area contributed by atoms with Gasteiger partial charge in [0.2, 0.25) is 0 Å². The molecule has 1 rings (SSSR count). The summed E-state index contributed by atoms with van der Waals surface area (Å²) in [4.78, 5) is 11.9. The van der Waals surface area contributed by atoms with Gasteiger partial charge in [0.05, 0.1) is 10.6 Å². The van der Waals surface area contributed by atoms with Gasteiger partial charge in [0.1, 0.15) is 0 Å². The number of halogens is 2. The van der Waals surface area contributed by atoms with Crippen LogP contribution in [0.4, 0.5) is 0 Å². The number of benzene rings is 1. The summed E-state index contributed by atoms with van der Waals surface area (Å²) in [5, 5.41) is 12.5. The van der Waals surface area contributed by atoms with E-state index in [4.69, 9.17) is 28.3 Å². The summed E-state index contributed by atoms with van der Waals surface area (Å²) in [7, 11) is 0. The van der Waals surface area contributed by atoms with Crippen molar-refractivity contribution < 1.29 is 9.90 Å². The molecule has 0 aliphatic rings. The van der Waals surface area contributed by atoms with Crippen LogP contribution in [0.15, 0.2) is 18.2 Å². The highest BCUT2D eigenvalue weighted by atomic mass is 35.5. The highest BCUT2D eigenvalue weighted by Gasteiger charge is 2.13. The summed E-state index contributed by atoms with van der Waals surface area (Å²) in [6.45, 7) is 2.68. The Bertz CT molecular complexity index is 410. The predicted molar refractivity (Wildman–Crippen MR) is 74.3 cm³/mol. The van der Waals surface area contributed by atoms with Crippen molar-refractivity contribution in [2.24, 2.45) is 5.92 Å². The molecule has 0 aliphatic carbocycles. The lowest BCUT2D eigenvalue weighted by molar-refractivity contribution is 0.0943. The van der Waals surface area contributed by atoms with Gasteiger partial charge in [-0.1, -0.05) is 36.5 Å². The van der Waals surface area contributed by atoms with E-state index in [9.17, 15) is 4.79 Å². The fourth-order valence-corrected chi connectivity index (χ4v) is 2.01. The molecular formula is C13H17Cl2NO2. The molecule has 0 fully saturated rings. The van der Waals surface area contributed by atoms with Crippen LogP contribution in [0, 0.1) is 5.92 Å². The van der Waals surface area contributed by atoms with Gasteiger partial charge in [0.15, 0.2) is 0 Å². The Morgan fingerprint density at radius 1 is 1.44 bits per heavy atom. The average Bonchev–Trinajstić information content (AvgIpc) is 2.37. The molecule has 1 atom stereocenters. The Morgan fingerprint density at radius 2 is 2.17 bits per heavy atom. The van der Waals surface area contributed by atoms with Crippen molar-refractivity contribution in [1.82, 2.24) is 5.32 Å². The monoisotopic (exact) mass is 289 g/mol. The van der Waals surface area contributed by atoms with Crippen molar-refractivity contribution in [3.05, 3.63) is 33.8 Å². The van der Waals surface area contributed by atoms with E-state index < -0.39 is 0 Å². The third-order valence-electron chi connectivity index (χ3n) is 2.84. The van der Waals surface area contributed by atoms with E-state index in [-0.39, 0.29) is 18.4 Å². The average molecular weight is 290 g/mol. The number of amides is 1. The predicted octanol–water partition coefficient (Wildman–Crippen LogP) is 3.13. The molecule has 1 unspecified atom stereocenters. The number of hydrogen-bond acceptors (Lipinski definition) is 2. The molecule has 2 N–H and O–H groups in total. The van der Waals surface area contributed by atoms with Crippen molar-refractivity contribution in [3.63, 3.8) is 0 Å². The molecule has 0 aromatic heterocycles. The Labute approximate surface area is 117 Å². The van der Waals surface area contributed by atoms with Crippen molar-refractivity contribution in [2.45, 2.75) is 19.8 Å². The van der Waals surface area contributed by atoms with Crippen molar-refractivity contribution in [1.29, 1.82) is 0 Å². The maximum atomic E-state index is 11.9. The summed E-state index contributed by atoms with van der Waals surface area (Å²) >= 11 is 11.8. The van der Waals surface area contributed by atoms with Gasteiger partial charge < -0.3 is 10.4 Å². The van der Waals surface area contributed by atoms with E-state index in [0.717, 1.165) is 6.42 Å². The van der Waals surface area contributed by atoms with Crippen LogP contribution < -0.4 is 5.32 Å². The normalized spacial score (nSPS) is 12.2. The third-order valence-corrected chi connectivity index (χ3v) is 3.40. The van der Waals surface area contributed by atoms with E-state index >= 15 is 0 Å². The maximum absolute atomic E-state index is 11.9. The Kier molecular flexibility index (Phi) is 6.47. The van der Waals surface area contributed by atoms with Gasteiger partial charge in [-0.15, -0.1) is 0 Å². The lowest BCUT2D eigenvalue weighted by Gasteiger charge is -2.14. The maximum Gasteiger partial charge on any atom is 0.252 e. The van der Waals surface area contributed by atoms with Gasteiger partial charge >= 0.3 is 0 Å². The minimum atomic E-state index is -0.237. The van der Waals surface area contributed by atoms with Crippen LogP contribution in [0.25, 0.3) is 0 Å². The minimum Gasteiger partial charge on any atom is -0.396 e. The molecule has 0 spiro atoms. The summed E-state index contributed by atoms with van der Waals surface area (Å²) in [6.07, 6.45) is 1.59. The van der Waals surface area contributed by atoms with Crippen LogP contribution in [0.1, 0.15) is 30.1 Å². The van der Waals surface area contributed by atoms with Gasteiger partial charge in [-0.3, -0.25) is 4.79 Å². The number of aliphatic hydroxyl groups is 1. The van der Waals surface area contributed by atoms with Gasteiger partial charge in [0.25, 0.3) is 5.91 Å². The SMILES string of the molecule is CCC(CCO)CNC(=O)c1cc(Cl)ccc1Cl. The zero-order valence-electron chi connectivity index (χ0n) is 10.2. The van der Waals surface area contributed by atoms with Crippen molar-refractivity contribution in [2.75, 3.05) is 13.2 Å². The topological polar surface area (TPSA) is 49.3 Å². The smallest absolute Gasteiger partial charge is 0.252 e. The van der Waals surface area contributed by atoms with E-state index in [1.165, 1.54) is 0 Å². The first kappa shape index (κ1) is 15.3. The molecule has 18 heavy (non-hydrogen) atoms. The summed E-state index contributed by atoms with van der Waals surface area (Å²) in [6, 6.07) is 4.79. The van der Waals surface area contributed by atoms with Crippen LogP contribution in [0.5, 0.6) is 0 Å². The number of carbonyl (C=O) groups excluding carboxylic acids is 1. The van der Waals surface area contributed by atoms with E-state index in [0.29, 0.717) is 28.6 Å². The van der Waals surface area contributed by atoms with Crippen LogP contribution in [-0.4, -0.2) is 24.2 Å². The van der Waals surface area contributed by atoms with Crippen LogP contribution >= 0.6 is 23.2 Å². The number of rotatable bonds is 6. The molecular weight excluding hydrogens is 273 g/mol. The van der Waals surface area contributed by atoms with Gasteiger partial charge in [-0.05, 0) is 30.5 Å². The second-order valence-electron chi connectivity index (χ2n) is 4.12. The fraction of sp³-hybridized carbons (Fsp3) is 0.462. The first-order valence-electron chi connectivity index (χ1n) is 5.92. The lowest BCUT2D eigenvalue weighted by atomic mass is 10.0. The summed E-state index contributed by atoms with van der Waals surface area (Å²) < 4.78 is 0. The van der Waals surface area contributed by atoms with Gasteiger partial charge in [-0.2, -0.15) is 0 Å². The molecule has 0 saturated heterocycles. The molecule has 1 amide bonds. The second-order valence-corrected chi connectivity index (χ2v) is 4.96. The molecule has 0 radical (unpaired) electrons. The molecule has 0 bridgehead atoms. The minimum absolute atomic E-state index is 0.131. The van der Waals surface area contributed by atoms with Crippen molar-refractivity contribution in [3.8, 4) is 0 Å². The number of carbonyl (C=O) groups is 1. The van der Waals surface area contributed by atoms with Crippen LogP contribution in [-0.2, 0) is 0 Å². The number of aliphatic hydroxyl groups excluding tert-OH is 1. The zero-order valence-corrected chi connectivity index (χ0v) is 11.8. The van der Waals surface area contributed by atoms with Crippen LogP contribution in [0.2, 0.25) is 10.0 Å². The molecule has 0 saturated carbocycles. The molecule has 1 aromatic carbocycles. The highest BCUT2D eigenvalue weighted by Crippen LogP contribution is 2.20. The summed E-state index contributed by atoms with van der Waals surface area (Å²) in [5.41, 5.74) is 0.378. The third kappa shape index (κ3) is 4.48. The molecule has 0 heterocycles. The number of nitrogens with one attached hydrogen (secondary N) is 1.